The van der Waals surface area contributed by atoms with Crippen molar-refractivity contribution >= 4 is 0 Å². The second kappa shape index (κ2) is 15.0. The molecule has 2 aliphatic heterocycles. The van der Waals surface area contributed by atoms with E-state index in [1.165, 1.54) is 6.92 Å². The lowest BCUT2D eigenvalue weighted by atomic mass is 9.85. The van der Waals surface area contributed by atoms with Crippen molar-refractivity contribution in [3.8, 4) is 0 Å². The van der Waals surface area contributed by atoms with E-state index in [2.05, 4.69) is 0 Å². The fourth-order valence-electron chi connectivity index (χ4n) is 5.19. The first-order chi connectivity index (χ1) is 19.3. The van der Waals surface area contributed by atoms with Gasteiger partial charge < -0.3 is 79.9 Å². The minimum Gasteiger partial charge on any atom is -0.505 e. The number of hydrogen-bond donors (Lipinski definition) is 11. The van der Waals surface area contributed by atoms with Crippen molar-refractivity contribution in [2.45, 2.75) is 126 Å². The van der Waals surface area contributed by atoms with Gasteiger partial charge >= 0.3 is 0 Å². The van der Waals surface area contributed by atoms with E-state index in [1.54, 1.807) is 0 Å². The molecule has 0 aromatic carbocycles. The van der Waals surface area contributed by atoms with Gasteiger partial charge in [-0.2, -0.15) is 0 Å². The third-order valence-corrected chi connectivity index (χ3v) is 7.76. The van der Waals surface area contributed by atoms with Crippen LogP contribution in [0.2, 0.25) is 0 Å². The molecule has 0 radical (unpaired) electrons. The zero-order chi connectivity index (χ0) is 30.6. The van der Waals surface area contributed by atoms with Crippen molar-refractivity contribution in [3.05, 3.63) is 11.5 Å². The molecule has 0 aromatic rings. The molecule has 3 rings (SSSR count). The Morgan fingerprint density at radius 1 is 0.829 bits per heavy atom. The molecule has 15 atom stereocenters. The highest BCUT2D eigenvalue weighted by molar-refractivity contribution is 5.09. The van der Waals surface area contributed by atoms with Crippen LogP contribution < -0.4 is 0 Å². The number of ether oxygens (including phenoxy) is 5. The molecule has 41 heavy (non-hydrogen) atoms. The van der Waals surface area contributed by atoms with E-state index in [1.807, 2.05) is 6.92 Å². The van der Waals surface area contributed by atoms with Crippen LogP contribution in [-0.4, -0.2) is 155 Å². The standard InChI is InChI=1S/C25H44O16/c1-9-4-3-5-12(21(9)40-24-18(33)16(31)14(29)10(2)37-24)38-23(36)20(35)22(11(28)6-7-26)41-25-19(34)17(32)15(30)13(8-27)39-25/h9-19,21,23-36H,3-8H2,1-2H3/b22-20-. The molecule has 0 aromatic heterocycles. The summed E-state index contributed by atoms with van der Waals surface area (Å²) in [7, 11) is 0. The second-order valence-corrected chi connectivity index (χ2v) is 10.8. The minimum atomic E-state index is -2.15. The number of aliphatic hydroxyl groups excluding tert-OH is 11. The molecule has 3 aliphatic rings. The van der Waals surface area contributed by atoms with Crippen molar-refractivity contribution in [1.29, 1.82) is 0 Å². The summed E-state index contributed by atoms with van der Waals surface area (Å²) < 4.78 is 27.8. The number of aliphatic hydroxyl groups is 11. The van der Waals surface area contributed by atoms with Gasteiger partial charge in [-0.1, -0.05) is 13.3 Å². The van der Waals surface area contributed by atoms with E-state index >= 15 is 0 Å². The topological polar surface area (TPSA) is 269 Å². The summed E-state index contributed by atoms with van der Waals surface area (Å²) in [5, 5.41) is 112. The van der Waals surface area contributed by atoms with E-state index in [0.29, 0.717) is 19.3 Å². The predicted octanol–water partition coefficient (Wildman–Crippen LogP) is -3.95. The van der Waals surface area contributed by atoms with Crippen LogP contribution in [0.25, 0.3) is 0 Å². The van der Waals surface area contributed by atoms with Crippen molar-refractivity contribution in [2.24, 2.45) is 5.92 Å². The molecule has 16 heteroatoms. The van der Waals surface area contributed by atoms with Gasteiger partial charge in [-0.05, 0) is 25.7 Å². The fourth-order valence-corrected chi connectivity index (χ4v) is 5.19. The third kappa shape index (κ3) is 7.84. The van der Waals surface area contributed by atoms with Gasteiger partial charge in [0.1, 0.15) is 48.8 Å². The van der Waals surface area contributed by atoms with E-state index < -0.39 is 111 Å². The summed E-state index contributed by atoms with van der Waals surface area (Å²) in [6, 6.07) is 0. The zero-order valence-electron chi connectivity index (χ0n) is 22.9. The van der Waals surface area contributed by atoms with Gasteiger partial charge in [0.05, 0.1) is 24.9 Å². The van der Waals surface area contributed by atoms with Gasteiger partial charge in [0.15, 0.2) is 17.8 Å². The van der Waals surface area contributed by atoms with Crippen LogP contribution in [0.4, 0.5) is 0 Å². The van der Waals surface area contributed by atoms with Crippen LogP contribution in [-0.2, 0) is 23.7 Å². The molecular weight excluding hydrogens is 556 g/mol. The Hall–Kier alpha value is -1.22. The lowest BCUT2D eigenvalue weighted by molar-refractivity contribution is -0.322. The van der Waals surface area contributed by atoms with Crippen molar-refractivity contribution in [2.75, 3.05) is 13.2 Å². The average molecular weight is 601 g/mol. The van der Waals surface area contributed by atoms with Crippen LogP contribution in [0.5, 0.6) is 0 Å². The first-order valence-corrected chi connectivity index (χ1v) is 13.7. The Kier molecular flexibility index (Phi) is 12.5. The molecule has 0 amide bonds. The highest BCUT2D eigenvalue weighted by atomic mass is 16.7. The molecule has 3 fully saturated rings. The van der Waals surface area contributed by atoms with E-state index in [4.69, 9.17) is 23.7 Å². The molecule has 0 spiro atoms. The fraction of sp³-hybridized carbons (Fsp3) is 0.920. The zero-order valence-corrected chi connectivity index (χ0v) is 22.9. The maximum atomic E-state index is 10.9. The molecule has 0 bridgehead atoms. The van der Waals surface area contributed by atoms with Crippen LogP contribution >= 0.6 is 0 Å². The van der Waals surface area contributed by atoms with Crippen molar-refractivity contribution in [1.82, 2.24) is 0 Å². The first-order valence-electron chi connectivity index (χ1n) is 13.7. The van der Waals surface area contributed by atoms with Gasteiger partial charge in [-0.15, -0.1) is 0 Å². The molecule has 1 aliphatic carbocycles. The Morgan fingerprint density at radius 3 is 2.10 bits per heavy atom. The Morgan fingerprint density at radius 2 is 1.46 bits per heavy atom. The quantitative estimate of drug-likeness (QED) is 0.0798. The average Bonchev–Trinajstić information content (AvgIpc) is 2.94. The maximum absolute atomic E-state index is 10.9. The summed E-state index contributed by atoms with van der Waals surface area (Å²) in [4.78, 5) is 0. The number of hydrogen-bond acceptors (Lipinski definition) is 16. The van der Waals surface area contributed by atoms with Crippen LogP contribution in [0.1, 0.15) is 39.5 Å². The predicted molar refractivity (Wildman–Crippen MR) is 133 cm³/mol. The van der Waals surface area contributed by atoms with Gasteiger partial charge in [-0.3, -0.25) is 0 Å². The Labute approximate surface area is 236 Å². The molecular formula is C25H44O16. The molecule has 1 saturated carbocycles. The summed E-state index contributed by atoms with van der Waals surface area (Å²) >= 11 is 0. The lowest BCUT2D eigenvalue weighted by Gasteiger charge is -2.44. The first kappa shape index (κ1) is 34.3. The molecule has 2 saturated heterocycles. The van der Waals surface area contributed by atoms with Gasteiger partial charge in [0.2, 0.25) is 12.6 Å². The normalized spacial score (nSPS) is 44.1. The molecule has 2 heterocycles. The Bertz CT molecular complexity index is 842. The third-order valence-electron chi connectivity index (χ3n) is 7.76. The van der Waals surface area contributed by atoms with Gasteiger partial charge in [0, 0.05) is 13.0 Å². The summed E-state index contributed by atoms with van der Waals surface area (Å²) in [5.74, 6) is -2.03. The summed E-state index contributed by atoms with van der Waals surface area (Å²) in [6.45, 7) is 1.97. The monoisotopic (exact) mass is 600 g/mol. The summed E-state index contributed by atoms with van der Waals surface area (Å²) in [6.07, 6.45) is -19.6. The van der Waals surface area contributed by atoms with Gasteiger partial charge in [-0.25, -0.2) is 0 Å². The van der Waals surface area contributed by atoms with E-state index in [0.717, 1.165) is 0 Å². The number of rotatable bonds is 11. The molecule has 16 nitrogen and oxygen atoms in total. The van der Waals surface area contributed by atoms with Crippen molar-refractivity contribution < 1.29 is 79.9 Å². The van der Waals surface area contributed by atoms with Crippen LogP contribution in [0.15, 0.2) is 11.5 Å². The molecule has 11 N–H and O–H groups in total. The van der Waals surface area contributed by atoms with Crippen LogP contribution in [0.3, 0.4) is 0 Å². The molecule has 15 unspecified atom stereocenters. The van der Waals surface area contributed by atoms with E-state index in [-0.39, 0.29) is 12.3 Å². The maximum Gasteiger partial charge on any atom is 0.229 e. The van der Waals surface area contributed by atoms with Crippen LogP contribution in [0, 0.1) is 5.92 Å². The summed E-state index contributed by atoms with van der Waals surface area (Å²) in [5.41, 5.74) is 0. The smallest absolute Gasteiger partial charge is 0.229 e. The SMILES string of the molecule is CC1CCCC(OC(O)/C(O)=C(/OC2OC(CO)C(O)C(O)C2O)C(O)CCO)C1OC1OC(C)C(O)C(O)C1O. The van der Waals surface area contributed by atoms with Crippen molar-refractivity contribution in [3.63, 3.8) is 0 Å². The second-order valence-electron chi connectivity index (χ2n) is 10.8. The highest BCUT2D eigenvalue weighted by Gasteiger charge is 2.47. The minimum absolute atomic E-state index is 0.202. The van der Waals surface area contributed by atoms with Gasteiger partial charge in [0.25, 0.3) is 0 Å². The largest absolute Gasteiger partial charge is 0.505 e. The Balaban J connectivity index is 1.80. The lowest BCUT2D eigenvalue weighted by Crippen LogP contribution is -2.59. The van der Waals surface area contributed by atoms with E-state index in [9.17, 15) is 56.2 Å². The molecule has 240 valence electrons. The highest BCUT2D eigenvalue weighted by Crippen LogP contribution is 2.34.